The van der Waals surface area contributed by atoms with Gasteiger partial charge in [-0.05, 0) is 50.8 Å². The predicted molar refractivity (Wildman–Crippen MR) is 85.3 cm³/mol. The smallest absolute Gasteiger partial charge is 0.0610 e. The Morgan fingerprint density at radius 3 is 2.85 bits per heavy atom. The Morgan fingerprint density at radius 2 is 2.15 bits per heavy atom. The summed E-state index contributed by atoms with van der Waals surface area (Å²) in [4.78, 5) is 2.51. The molecule has 3 nitrogen and oxygen atoms in total. The van der Waals surface area contributed by atoms with Crippen LogP contribution in [0.25, 0.3) is 0 Å². The van der Waals surface area contributed by atoms with Crippen LogP contribution >= 0.6 is 0 Å². The zero-order chi connectivity index (χ0) is 14.6. The van der Waals surface area contributed by atoms with Gasteiger partial charge in [-0.25, -0.2) is 0 Å². The number of hydrogen-bond acceptors (Lipinski definition) is 3. The molecule has 1 heterocycles. The van der Waals surface area contributed by atoms with E-state index >= 15 is 0 Å². The molecule has 1 aliphatic heterocycles. The fourth-order valence-electron chi connectivity index (χ4n) is 3.06. The first-order valence-electron chi connectivity index (χ1n) is 7.70. The second-order valence-electron chi connectivity index (χ2n) is 6.46. The summed E-state index contributed by atoms with van der Waals surface area (Å²) < 4.78 is 0. The molecule has 0 saturated heterocycles. The van der Waals surface area contributed by atoms with Gasteiger partial charge in [0.2, 0.25) is 0 Å². The van der Waals surface area contributed by atoms with E-state index in [1.807, 2.05) is 7.05 Å². The minimum Gasteiger partial charge on any atom is -0.394 e. The van der Waals surface area contributed by atoms with E-state index in [0.717, 1.165) is 31.8 Å². The highest BCUT2D eigenvalue weighted by molar-refractivity contribution is 5.55. The van der Waals surface area contributed by atoms with Gasteiger partial charge >= 0.3 is 0 Å². The summed E-state index contributed by atoms with van der Waals surface area (Å²) in [5, 5.41) is 12.7. The number of aliphatic hydroxyl groups is 1. The average Bonchev–Trinajstić information content (AvgIpc) is 2.46. The number of anilines is 1. The summed E-state index contributed by atoms with van der Waals surface area (Å²) in [5.74, 6) is 0.721. The van der Waals surface area contributed by atoms with Crippen molar-refractivity contribution in [2.75, 3.05) is 31.6 Å². The second-order valence-corrected chi connectivity index (χ2v) is 6.46. The van der Waals surface area contributed by atoms with Crippen LogP contribution < -0.4 is 10.2 Å². The number of nitrogens with one attached hydrogen (secondary N) is 1. The predicted octanol–water partition coefficient (Wildman–Crippen LogP) is 2.44. The summed E-state index contributed by atoms with van der Waals surface area (Å²) in [6, 6.07) is 8.76. The van der Waals surface area contributed by atoms with Gasteiger partial charge in [-0.15, -0.1) is 0 Å². The standard InChI is InChI=1S/C17H28N2O/c1-14-11-15-7-4-5-8-16(15)19(12-14)10-6-9-17(2,13-20)18-3/h4-5,7-8,14,18,20H,6,9-13H2,1-3H3. The largest absolute Gasteiger partial charge is 0.394 e. The van der Waals surface area contributed by atoms with Gasteiger partial charge < -0.3 is 15.3 Å². The summed E-state index contributed by atoms with van der Waals surface area (Å²) in [7, 11) is 1.93. The molecule has 2 rings (SSSR count). The Hall–Kier alpha value is -1.06. The third-order valence-electron chi connectivity index (χ3n) is 4.54. The Balaban J connectivity index is 1.97. The fourth-order valence-corrected chi connectivity index (χ4v) is 3.06. The maximum Gasteiger partial charge on any atom is 0.0610 e. The number of rotatable bonds is 6. The van der Waals surface area contributed by atoms with Gasteiger partial charge in [0.15, 0.2) is 0 Å². The summed E-state index contributed by atoms with van der Waals surface area (Å²) in [5.41, 5.74) is 2.73. The van der Waals surface area contributed by atoms with Crippen molar-refractivity contribution in [3.8, 4) is 0 Å². The van der Waals surface area contributed by atoms with E-state index in [1.165, 1.54) is 17.7 Å². The topological polar surface area (TPSA) is 35.5 Å². The van der Waals surface area contributed by atoms with E-state index in [2.05, 4.69) is 48.3 Å². The van der Waals surface area contributed by atoms with Crippen LogP contribution in [0.3, 0.4) is 0 Å². The van der Waals surface area contributed by atoms with Crippen molar-refractivity contribution < 1.29 is 5.11 Å². The number of nitrogens with zero attached hydrogens (tertiary/aromatic N) is 1. The molecule has 1 aliphatic rings. The highest BCUT2D eigenvalue weighted by Gasteiger charge is 2.23. The quantitative estimate of drug-likeness (QED) is 0.837. The second kappa shape index (κ2) is 6.59. The minimum atomic E-state index is -0.152. The lowest BCUT2D eigenvalue weighted by Crippen LogP contribution is -2.44. The molecule has 0 aromatic heterocycles. The van der Waals surface area contributed by atoms with Crippen LogP contribution in [-0.4, -0.2) is 37.4 Å². The number of hydrogen-bond donors (Lipinski definition) is 2. The Bertz CT molecular complexity index is 429. The molecule has 0 spiro atoms. The Kier molecular flexibility index (Phi) is 5.06. The van der Waals surface area contributed by atoms with E-state index in [-0.39, 0.29) is 12.1 Å². The zero-order valence-electron chi connectivity index (χ0n) is 13.0. The van der Waals surface area contributed by atoms with Gasteiger partial charge in [-0.2, -0.15) is 0 Å². The van der Waals surface area contributed by atoms with Crippen LogP contribution in [0.15, 0.2) is 24.3 Å². The maximum atomic E-state index is 9.45. The lowest BCUT2D eigenvalue weighted by molar-refractivity contribution is 0.172. The van der Waals surface area contributed by atoms with Crippen molar-refractivity contribution in [3.05, 3.63) is 29.8 Å². The van der Waals surface area contributed by atoms with Gasteiger partial charge in [-0.1, -0.05) is 25.1 Å². The van der Waals surface area contributed by atoms with Gasteiger partial charge in [0.25, 0.3) is 0 Å². The fraction of sp³-hybridized carbons (Fsp3) is 0.647. The molecule has 0 radical (unpaired) electrons. The van der Waals surface area contributed by atoms with Crippen molar-refractivity contribution in [3.63, 3.8) is 0 Å². The number of para-hydroxylation sites is 1. The number of fused-ring (bicyclic) bond motifs is 1. The third kappa shape index (κ3) is 3.53. The zero-order valence-corrected chi connectivity index (χ0v) is 13.0. The van der Waals surface area contributed by atoms with Crippen molar-refractivity contribution in [2.24, 2.45) is 5.92 Å². The lowest BCUT2D eigenvalue weighted by atomic mass is 9.92. The molecule has 112 valence electrons. The van der Waals surface area contributed by atoms with Crippen LogP contribution in [-0.2, 0) is 6.42 Å². The van der Waals surface area contributed by atoms with Gasteiger partial charge in [-0.3, -0.25) is 0 Å². The molecule has 2 atom stereocenters. The van der Waals surface area contributed by atoms with E-state index in [9.17, 15) is 5.11 Å². The Morgan fingerprint density at radius 1 is 1.40 bits per heavy atom. The maximum absolute atomic E-state index is 9.45. The van der Waals surface area contributed by atoms with Crippen molar-refractivity contribution >= 4 is 5.69 Å². The van der Waals surface area contributed by atoms with Gasteiger partial charge in [0.05, 0.1) is 6.61 Å². The van der Waals surface area contributed by atoms with Crippen LogP contribution in [0.2, 0.25) is 0 Å². The molecule has 3 heteroatoms. The molecule has 0 saturated carbocycles. The molecule has 0 fully saturated rings. The van der Waals surface area contributed by atoms with Gasteiger partial charge in [0.1, 0.15) is 0 Å². The van der Waals surface area contributed by atoms with Crippen LogP contribution in [0, 0.1) is 5.92 Å². The first-order valence-corrected chi connectivity index (χ1v) is 7.70. The highest BCUT2D eigenvalue weighted by atomic mass is 16.3. The van der Waals surface area contributed by atoms with E-state index in [4.69, 9.17) is 0 Å². The summed E-state index contributed by atoms with van der Waals surface area (Å²) >= 11 is 0. The molecule has 0 aliphatic carbocycles. The monoisotopic (exact) mass is 276 g/mol. The molecule has 2 unspecified atom stereocenters. The van der Waals surface area contributed by atoms with Crippen molar-refractivity contribution in [1.29, 1.82) is 0 Å². The van der Waals surface area contributed by atoms with E-state index < -0.39 is 0 Å². The number of aliphatic hydroxyl groups excluding tert-OH is 1. The SMILES string of the molecule is CNC(C)(CO)CCCN1CC(C)Cc2ccccc21. The molecular formula is C17H28N2O. The lowest BCUT2D eigenvalue weighted by Gasteiger charge is -2.36. The van der Waals surface area contributed by atoms with Crippen LogP contribution in [0.5, 0.6) is 0 Å². The van der Waals surface area contributed by atoms with E-state index in [1.54, 1.807) is 0 Å². The molecule has 1 aromatic carbocycles. The molecule has 20 heavy (non-hydrogen) atoms. The minimum absolute atomic E-state index is 0.152. The molecular weight excluding hydrogens is 248 g/mol. The Labute approximate surface area is 123 Å². The first kappa shape index (κ1) is 15.3. The van der Waals surface area contributed by atoms with Crippen molar-refractivity contribution in [1.82, 2.24) is 5.32 Å². The van der Waals surface area contributed by atoms with E-state index in [0.29, 0.717) is 0 Å². The number of benzene rings is 1. The van der Waals surface area contributed by atoms with Gasteiger partial charge in [0, 0.05) is 24.3 Å². The summed E-state index contributed by atoms with van der Waals surface area (Å²) in [6.07, 6.45) is 3.28. The average molecular weight is 276 g/mol. The molecule has 2 N–H and O–H groups in total. The summed E-state index contributed by atoms with van der Waals surface area (Å²) in [6.45, 7) is 6.82. The van der Waals surface area contributed by atoms with Crippen LogP contribution in [0.4, 0.5) is 5.69 Å². The normalized spacial score (nSPS) is 21.4. The molecule has 0 bridgehead atoms. The third-order valence-corrected chi connectivity index (χ3v) is 4.54. The molecule has 1 aromatic rings. The number of likely N-dealkylation sites (N-methyl/N-ethyl adjacent to an activating group) is 1. The van der Waals surface area contributed by atoms with Crippen molar-refractivity contribution in [2.45, 2.75) is 38.6 Å². The first-order chi connectivity index (χ1) is 9.58. The van der Waals surface area contributed by atoms with Crippen LogP contribution in [0.1, 0.15) is 32.3 Å². The molecule has 0 amide bonds. The highest BCUT2D eigenvalue weighted by Crippen LogP contribution is 2.29.